The number of aliphatic hydroxyl groups excluding tert-OH is 1. The van der Waals surface area contributed by atoms with E-state index >= 15 is 0 Å². The Bertz CT molecular complexity index is 503. The first-order valence-corrected chi connectivity index (χ1v) is 9.62. The minimum absolute atomic E-state index is 0.0357. The number of thioether (sulfide) groups is 1. The zero-order chi connectivity index (χ0) is 15.0. The van der Waals surface area contributed by atoms with Crippen molar-refractivity contribution in [3.05, 3.63) is 33.3 Å². The monoisotopic (exact) mass is 370 g/mol. The molecule has 116 valence electrons. The van der Waals surface area contributed by atoms with E-state index in [-0.39, 0.29) is 11.7 Å². The van der Waals surface area contributed by atoms with Crippen molar-refractivity contribution >= 4 is 27.7 Å². The van der Waals surface area contributed by atoms with Crippen LogP contribution in [0.4, 0.5) is 0 Å². The van der Waals surface area contributed by atoms with Gasteiger partial charge in [0.05, 0.1) is 11.7 Å². The summed E-state index contributed by atoms with van der Waals surface area (Å²) in [4.78, 5) is 0. The van der Waals surface area contributed by atoms with Gasteiger partial charge in [-0.1, -0.05) is 28.1 Å². The summed E-state index contributed by atoms with van der Waals surface area (Å²) in [7, 11) is 0. The quantitative estimate of drug-likeness (QED) is 0.836. The maximum absolute atomic E-state index is 10.9. The smallest absolute Gasteiger partial charge is 0.0820 e. The number of halogens is 1. The van der Waals surface area contributed by atoms with Gasteiger partial charge in [-0.2, -0.15) is 11.8 Å². The Labute approximate surface area is 139 Å². The fourth-order valence-electron chi connectivity index (χ4n) is 3.62. The zero-order valence-corrected chi connectivity index (χ0v) is 15.1. The van der Waals surface area contributed by atoms with Crippen molar-refractivity contribution < 1.29 is 9.84 Å². The van der Waals surface area contributed by atoms with Gasteiger partial charge in [-0.3, -0.25) is 0 Å². The molecule has 1 aromatic rings. The summed E-state index contributed by atoms with van der Waals surface area (Å²) in [6.07, 6.45) is 2.72. The molecule has 0 amide bonds. The van der Waals surface area contributed by atoms with Gasteiger partial charge in [0.15, 0.2) is 0 Å². The Morgan fingerprint density at radius 2 is 2.10 bits per heavy atom. The van der Waals surface area contributed by atoms with Gasteiger partial charge >= 0.3 is 0 Å². The van der Waals surface area contributed by atoms with Gasteiger partial charge in [0.1, 0.15) is 0 Å². The molecule has 4 heteroatoms. The highest BCUT2D eigenvalue weighted by atomic mass is 79.9. The molecular formula is C17H23BrO2S. The molecule has 1 N–H and O–H groups in total. The van der Waals surface area contributed by atoms with Crippen LogP contribution in [0.1, 0.15) is 42.1 Å². The Hall–Kier alpha value is -0.0300. The van der Waals surface area contributed by atoms with E-state index < -0.39 is 0 Å². The molecule has 1 spiro atoms. The summed E-state index contributed by atoms with van der Waals surface area (Å²) in [6.45, 7) is 4.97. The lowest BCUT2D eigenvalue weighted by Gasteiger charge is -2.39. The highest BCUT2D eigenvalue weighted by Gasteiger charge is 2.42. The average Bonchev–Trinajstić information content (AvgIpc) is 2.91. The van der Waals surface area contributed by atoms with Crippen LogP contribution in [-0.4, -0.2) is 28.8 Å². The molecule has 3 atom stereocenters. The van der Waals surface area contributed by atoms with Crippen LogP contribution in [0.3, 0.4) is 0 Å². The molecule has 0 saturated carbocycles. The van der Waals surface area contributed by atoms with Gasteiger partial charge in [0.25, 0.3) is 0 Å². The minimum Gasteiger partial charge on any atom is -0.388 e. The maximum atomic E-state index is 10.9. The summed E-state index contributed by atoms with van der Waals surface area (Å²) in [5, 5.41) is 10.9. The number of hydrogen-bond acceptors (Lipinski definition) is 3. The van der Waals surface area contributed by atoms with Gasteiger partial charge in [0, 0.05) is 16.8 Å². The fourth-order valence-corrected chi connectivity index (χ4v) is 5.23. The number of aryl methyl sites for hydroxylation is 2. The lowest BCUT2D eigenvalue weighted by atomic mass is 9.80. The summed E-state index contributed by atoms with van der Waals surface area (Å²) in [5.74, 6) is 2.60. The van der Waals surface area contributed by atoms with Crippen molar-refractivity contribution in [2.75, 3.05) is 18.1 Å². The van der Waals surface area contributed by atoms with Crippen LogP contribution in [0.25, 0.3) is 0 Å². The van der Waals surface area contributed by atoms with Crippen molar-refractivity contribution in [3.8, 4) is 0 Å². The van der Waals surface area contributed by atoms with Crippen molar-refractivity contribution in [2.24, 2.45) is 5.92 Å². The van der Waals surface area contributed by atoms with E-state index in [1.54, 1.807) is 0 Å². The summed E-state index contributed by atoms with van der Waals surface area (Å²) < 4.78 is 7.22. The summed E-state index contributed by atoms with van der Waals surface area (Å²) in [5.41, 5.74) is 3.49. The Morgan fingerprint density at radius 3 is 2.71 bits per heavy atom. The standard InChI is InChI=1S/C17H23BrO2S/c1-11-7-14(8-12(2)15(11)18)16(19)13-3-5-20-17(9-13)4-6-21-10-17/h7-8,13,16,19H,3-6,9-10H2,1-2H3. The van der Waals surface area contributed by atoms with E-state index in [9.17, 15) is 5.11 Å². The van der Waals surface area contributed by atoms with E-state index in [1.165, 1.54) is 16.9 Å². The topological polar surface area (TPSA) is 29.5 Å². The van der Waals surface area contributed by atoms with Crippen LogP contribution in [0.5, 0.6) is 0 Å². The first-order valence-electron chi connectivity index (χ1n) is 7.67. The molecule has 2 saturated heterocycles. The lowest BCUT2D eigenvalue weighted by Crippen LogP contribution is -2.41. The fraction of sp³-hybridized carbons (Fsp3) is 0.647. The Morgan fingerprint density at radius 1 is 1.38 bits per heavy atom. The number of ether oxygens (including phenoxy) is 1. The van der Waals surface area contributed by atoms with Crippen LogP contribution in [0, 0.1) is 19.8 Å². The molecule has 0 aliphatic carbocycles. The van der Waals surface area contributed by atoms with Gasteiger partial charge in [0.2, 0.25) is 0 Å². The molecular weight excluding hydrogens is 348 g/mol. The third-order valence-electron chi connectivity index (χ3n) is 4.85. The third-order valence-corrected chi connectivity index (χ3v) is 7.32. The molecule has 3 unspecified atom stereocenters. The molecule has 2 aliphatic heterocycles. The zero-order valence-electron chi connectivity index (χ0n) is 12.7. The first kappa shape index (κ1) is 15.9. The minimum atomic E-state index is -0.373. The van der Waals surface area contributed by atoms with E-state index in [1.807, 2.05) is 11.8 Å². The van der Waals surface area contributed by atoms with Crippen LogP contribution >= 0.6 is 27.7 Å². The second-order valence-corrected chi connectivity index (χ2v) is 8.40. The Kier molecular flexibility index (Phi) is 4.70. The van der Waals surface area contributed by atoms with Gasteiger partial charge in [-0.05, 0) is 61.5 Å². The van der Waals surface area contributed by atoms with Gasteiger partial charge in [-0.25, -0.2) is 0 Å². The molecule has 2 aliphatic rings. The SMILES string of the molecule is Cc1cc(C(O)C2CCOC3(CCSC3)C2)cc(C)c1Br. The highest BCUT2D eigenvalue weighted by molar-refractivity contribution is 9.10. The average molecular weight is 371 g/mol. The van der Waals surface area contributed by atoms with E-state index in [0.29, 0.717) is 5.92 Å². The molecule has 3 rings (SSSR count). The predicted molar refractivity (Wildman–Crippen MR) is 91.9 cm³/mol. The third kappa shape index (κ3) is 3.19. The number of aliphatic hydroxyl groups is 1. The summed E-state index contributed by atoms with van der Waals surface area (Å²) >= 11 is 5.59. The van der Waals surface area contributed by atoms with E-state index in [0.717, 1.165) is 41.7 Å². The maximum Gasteiger partial charge on any atom is 0.0820 e. The van der Waals surface area contributed by atoms with Gasteiger partial charge < -0.3 is 9.84 Å². The second kappa shape index (κ2) is 6.23. The van der Waals surface area contributed by atoms with Crippen LogP contribution in [0.15, 0.2) is 16.6 Å². The van der Waals surface area contributed by atoms with E-state index in [4.69, 9.17) is 4.74 Å². The molecule has 0 aromatic heterocycles. The van der Waals surface area contributed by atoms with Crippen LogP contribution in [-0.2, 0) is 4.74 Å². The van der Waals surface area contributed by atoms with Crippen molar-refractivity contribution in [2.45, 2.75) is 44.8 Å². The van der Waals surface area contributed by atoms with Gasteiger partial charge in [-0.15, -0.1) is 0 Å². The molecule has 21 heavy (non-hydrogen) atoms. The largest absolute Gasteiger partial charge is 0.388 e. The second-order valence-electron chi connectivity index (χ2n) is 6.50. The Balaban J connectivity index is 1.79. The molecule has 0 bridgehead atoms. The van der Waals surface area contributed by atoms with E-state index in [2.05, 4.69) is 41.9 Å². The highest BCUT2D eigenvalue weighted by Crippen LogP contribution is 2.44. The number of hydrogen-bond donors (Lipinski definition) is 1. The predicted octanol–water partition coefficient (Wildman–Crippen LogP) is 4.40. The molecule has 2 heterocycles. The molecule has 0 radical (unpaired) electrons. The van der Waals surface area contributed by atoms with Crippen molar-refractivity contribution in [3.63, 3.8) is 0 Å². The van der Waals surface area contributed by atoms with Crippen LogP contribution < -0.4 is 0 Å². The van der Waals surface area contributed by atoms with Crippen LogP contribution in [0.2, 0.25) is 0 Å². The summed E-state index contributed by atoms with van der Waals surface area (Å²) in [6, 6.07) is 4.24. The number of rotatable bonds is 2. The molecule has 2 nitrogen and oxygen atoms in total. The van der Waals surface area contributed by atoms with Crippen molar-refractivity contribution in [1.29, 1.82) is 0 Å². The lowest BCUT2D eigenvalue weighted by molar-refractivity contribution is -0.102. The number of benzene rings is 1. The normalized spacial score (nSPS) is 30.8. The first-order chi connectivity index (χ1) is 10.0. The molecule has 2 fully saturated rings. The van der Waals surface area contributed by atoms with Crippen molar-refractivity contribution in [1.82, 2.24) is 0 Å². The molecule has 1 aromatic carbocycles.